The molecule has 0 spiro atoms. The summed E-state index contributed by atoms with van der Waals surface area (Å²) in [5.41, 5.74) is 1.67. The number of hydrogen-bond acceptors (Lipinski definition) is 4. The molecule has 1 heterocycles. The quantitative estimate of drug-likeness (QED) is 0.853. The summed E-state index contributed by atoms with van der Waals surface area (Å²) in [6.07, 6.45) is 0. The van der Waals surface area contributed by atoms with Crippen molar-refractivity contribution in [1.29, 1.82) is 0 Å². The molecule has 0 fully saturated rings. The second-order valence-electron chi connectivity index (χ2n) is 4.83. The van der Waals surface area contributed by atoms with Crippen LogP contribution < -0.4 is 10.1 Å². The summed E-state index contributed by atoms with van der Waals surface area (Å²) >= 11 is 6.18. The zero-order chi connectivity index (χ0) is 14.7. The second-order valence-corrected chi connectivity index (χ2v) is 5.18. The van der Waals surface area contributed by atoms with E-state index >= 15 is 0 Å². The zero-order valence-electron chi connectivity index (χ0n) is 12.1. The first-order chi connectivity index (χ1) is 9.52. The van der Waals surface area contributed by atoms with E-state index in [0.29, 0.717) is 11.0 Å². The molecule has 0 amide bonds. The highest BCUT2D eigenvalue weighted by Crippen LogP contribution is 2.30. The molecule has 0 atom stereocenters. The summed E-state index contributed by atoms with van der Waals surface area (Å²) in [6.45, 7) is 5.96. The molecule has 0 bridgehead atoms. The molecular formula is C15H18ClN3O. The van der Waals surface area contributed by atoms with Crippen molar-refractivity contribution in [3.63, 3.8) is 0 Å². The Morgan fingerprint density at radius 1 is 1.20 bits per heavy atom. The molecule has 0 saturated carbocycles. The Labute approximate surface area is 124 Å². The molecule has 20 heavy (non-hydrogen) atoms. The zero-order valence-corrected chi connectivity index (χ0v) is 12.8. The van der Waals surface area contributed by atoms with Gasteiger partial charge < -0.3 is 10.1 Å². The van der Waals surface area contributed by atoms with Crippen LogP contribution in [0.25, 0.3) is 0 Å². The lowest BCUT2D eigenvalue weighted by atomic mass is 10.2. The summed E-state index contributed by atoms with van der Waals surface area (Å²) in [6, 6.07) is 7.68. The maximum atomic E-state index is 6.18. The van der Waals surface area contributed by atoms with E-state index in [1.807, 2.05) is 45.0 Å². The van der Waals surface area contributed by atoms with Gasteiger partial charge in [-0.25, -0.2) is 9.97 Å². The molecule has 5 heteroatoms. The minimum Gasteiger partial charge on any atom is -0.495 e. The Bertz CT molecular complexity index is 614. The van der Waals surface area contributed by atoms with Crippen molar-refractivity contribution in [1.82, 2.24) is 9.97 Å². The van der Waals surface area contributed by atoms with Crippen LogP contribution in [-0.4, -0.2) is 17.1 Å². The van der Waals surface area contributed by atoms with E-state index in [0.717, 1.165) is 22.8 Å². The number of anilines is 2. The molecule has 4 nitrogen and oxygen atoms in total. The Morgan fingerprint density at radius 2 is 1.90 bits per heavy atom. The Hall–Kier alpha value is -1.81. The second kappa shape index (κ2) is 6.09. The highest BCUT2D eigenvalue weighted by atomic mass is 35.5. The number of nitrogens with zero attached hydrogens (tertiary/aromatic N) is 2. The Balaban J connectivity index is 2.42. The third kappa shape index (κ3) is 3.02. The van der Waals surface area contributed by atoms with Crippen molar-refractivity contribution in [2.75, 3.05) is 12.4 Å². The normalized spacial score (nSPS) is 10.7. The van der Waals surface area contributed by atoms with Crippen LogP contribution in [0.4, 0.5) is 11.5 Å². The van der Waals surface area contributed by atoms with Gasteiger partial charge in [-0.15, -0.1) is 0 Å². The van der Waals surface area contributed by atoms with Crippen LogP contribution in [0.3, 0.4) is 0 Å². The number of benzene rings is 1. The van der Waals surface area contributed by atoms with E-state index in [2.05, 4.69) is 15.3 Å². The summed E-state index contributed by atoms with van der Waals surface area (Å²) < 4.78 is 5.33. The van der Waals surface area contributed by atoms with Crippen molar-refractivity contribution in [2.45, 2.75) is 26.7 Å². The van der Waals surface area contributed by atoms with Crippen LogP contribution in [0.5, 0.6) is 5.75 Å². The average Bonchev–Trinajstić information content (AvgIpc) is 2.44. The molecule has 2 rings (SSSR count). The van der Waals surface area contributed by atoms with E-state index in [4.69, 9.17) is 16.3 Å². The Morgan fingerprint density at radius 3 is 2.55 bits per heavy atom. The number of aromatic nitrogens is 2. The van der Waals surface area contributed by atoms with Crippen LogP contribution >= 0.6 is 11.6 Å². The van der Waals surface area contributed by atoms with Gasteiger partial charge in [-0.3, -0.25) is 0 Å². The molecule has 0 aliphatic carbocycles. The molecule has 0 aliphatic heterocycles. The summed E-state index contributed by atoms with van der Waals surface area (Å²) in [7, 11) is 1.64. The van der Waals surface area contributed by atoms with E-state index < -0.39 is 0 Å². The molecule has 2 aromatic rings. The topological polar surface area (TPSA) is 47.0 Å². The molecule has 0 unspecified atom stereocenters. The molecule has 106 valence electrons. The van der Waals surface area contributed by atoms with Crippen molar-refractivity contribution in [3.05, 3.63) is 40.8 Å². The monoisotopic (exact) mass is 291 g/mol. The van der Waals surface area contributed by atoms with Gasteiger partial charge in [0.25, 0.3) is 0 Å². The first kappa shape index (κ1) is 14.6. The number of hydrogen-bond donors (Lipinski definition) is 1. The van der Waals surface area contributed by atoms with E-state index in [-0.39, 0.29) is 5.92 Å². The summed E-state index contributed by atoms with van der Waals surface area (Å²) in [5.74, 6) is 2.40. The average molecular weight is 292 g/mol. The molecule has 0 radical (unpaired) electrons. The van der Waals surface area contributed by atoms with Gasteiger partial charge in [0.05, 0.1) is 12.8 Å². The standard InChI is InChI=1S/C15H18ClN3O/c1-9(2)14-18-13(16)10(3)15(19-14)17-11-7-5-6-8-12(11)20-4/h5-9H,1-4H3,(H,17,18,19). The Kier molecular flexibility index (Phi) is 4.45. The SMILES string of the molecule is COc1ccccc1Nc1nc(C(C)C)nc(Cl)c1C. The highest BCUT2D eigenvalue weighted by Gasteiger charge is 2.13. The molecule has 1 aromatic heterocycles. The molecule has 0 aliphatic rings. The summed E-state index contributed by atoms with van der Waals surface area (Å²) in [4.78, 5) is 8.84. The number of ether oxygens (including phenoxy) is 1. The highest BCUT2D eigenvalue weighted by molar-refractivity contribution is 6.30. The van der Waals surface area contributed by atoms with E-state index in [9.17, 15) is 0 Å². The van der Waals surface area contributed by atoms with Crippen molar-refractivity contribution < 1.29 is 4.74 Å². The van der Waals surface area contributed by atoms with Gasteiger partial charge in [0.1, 0.15) is 22.5 Å². The van der Waals surface area contributed by atoms with Crippen LogP contribution in [-0.2, 0) is 0 Å². The fourth-order valence-corrected chi connectivity index (χ4v) is 1.94. The molecular weight excluding hydrogens is 274 g/mol. The summed E-state index contributed by atoms with van der Waals surface area (Å²) in [5, 5.41) is 3.74. The number of para-hydroxylation sites is 2. The van der Waals surface area contributed by atoms with Gasteiger partial charge in [-0.2, -0.15) is 0 Å². The first-order valence-corrected chi connectivity index (χ1v) is 6.84. The van der Waals surface area contributed by atoms with E-state index in [1.54, 1.807) is 7.11 Å². The van der Waals surface area contributed by atoms with Crippen LogP contribution in [0, 0.1) is 6.92 Å². The van der Waals surface area contributed by atoms with Gasteiger partial charge in [0.15, 0.2) is 0 Å². The smallest absolute Gasteiger partial charge is 0.142 e. The number of methoxy groups -OCH3 is 1. The van der Waals surface area contributed by atoms with Gasteiger partial charge in [0, 0.05) is 11.5 Å². The van der Waals surface area contributed by atoms with Crippen LogP contribution in [0.1, 0.15) is 31.2 Å². The number of rotatable bonds is 4. The molecule has 0 saturated heterocycles. The predicted octanol–water partition coefficient (Wildman–Crippen LogP) is 4.31. The lowest BCUT2D eigenvalue weighted by Crippen LogP contribution is -2.05. The van der Waals surface area contributed by atoms with Gasteiger partial charge in [-0.05, 0) is 19.1 Å². The lowest BCUT2D eigenvalue weighted by molar-refractivity contribution is 0.417. The first-order valence-electron chi connectivity index (χ1n) is 6.47. The van der Waals surface area contributed by atoms with Gasteiger partial charge >= 0.3 is 0 Å². The molecule has 1 aromatic carbocycles. The maximum absolute atomic E-state index is 6.18. The maximum Gasteiger partial charge on any atom is 0.142 e. The number of halogens is 1. The fourth-order valence-electron chi connectivity index (χ4n) is 1.76. The third-order valence-corrected chi connectivity index (χ3v) is 3.35. The number of nitrogens with one attached hydrogen (secondary N) is 1. The fraction of sp³-hybridized carbons (Fsp3) is 0.333. The van der Waals surface area contributed by atoms with E-state index in [1.165, 1.54) is 0 Å². The largest absolute Gasteiger partial charge is 0.495 e. The minimum absolute atomic E-state index is 0.214. The van der Waals surface area contributed by atoms with Gasteiger partial charge in [-0.1, -0.05) is 37.6 Å². The van der Waals surface area contributed by atoms with Crippen molar-refractivity contribution >= 4 is 23.1 Å². The minimum atomic E-state index is 0.214. The van der Waals surface area contributed by atoms with Crippen LogP contribution in [0.2, 0.25) is 5.15 Å². The molecule has 1 N–H and O–H groups in total. The van der Waals surface area contributed by atoms with Crippen LogP contribution in [0.15, 0.2) is 24.3 Å². The third-order valence-electron chi connectivity index (χ3n) is 2.98. The van der Waals surface area contributed by atoms with Gasteiger partial charge in [0.2, 0.25) is 0 Å². The lowest BCUT2D eigenvalue weighted by Gasteiger charge is -2.14. The van der Waals surface area contributed by atoms with Crippen molar-refractivity contribution in [3.8, 4) is 5.75 Å². The van der Waals surface area contributed by atoms with Crippen molar-refractivity contribution in [2.24, 2.45) is 0 Å². The predicted molar refractivity (Wildman–Crippen MR) is 82.1 cm³/mol.